The van der Waals surface area contributed by atoms with Gasteiger partial charge in [0, 0.05) is 6.20 Å². The van der Waals surface area contributed by atoms with Crippen LogP contribution in [-0.2, 0) is 14.3 Å². The number of carbonyl (C=O) groups excluding carboxylic acids is 3. The number of carbonyl (C=O) groups is 3. The van der Waals surface area contributed by atoms with Crippen LogP contribution in [0, 0.1) is 26.7 Å². The van der Waals surface area contributed by atoms with Crippen molar-refractivity contribution in [1.29, 1.82) is 0 Å². The highest BCUT2D eigenvalue weighted by molar-refractivity contribution is 7.17. The van der Waals surface area contributed by atoms with Crippen molar-refractivity contribution in [3.05, 3.63) is 75.2 Å². The van der Waals surface area contributed by atoms with Crippen molar-refractivity contribution < 1.29 is 33.7 Å². The highest BCUT2D eigenvalue weighted by atomic mass is 32.1. The van der Waals surface area contributed by atoms with Crippen LogP contribution < -0.4 is 14.4 Å². The Morgan fingerprint density at radius 3 is 2.48 bits per heavy atom. The zero-order valence-corrected chi connectivity index (χ0v) is 27.9. The predicted molar refractivity (Wildman–Crippen MR) is 175 cm³/mol. The molecule has 1 amide bonds. The summed E-state index contributed by atoms with van der Waals surface area (Å²) in [6, 6.07) is 7.82. The molecule has 5 rings (SSSR count). The molecule has 11 nitrogen and oxygen atoms in total. The van der Waals surface area contributed by atoms with Crippen LogP contribution in [0.1, 0.15) is 78.0 Å². The number of thiazole rings is 1. The van der Waals surface area contributed by atoms with E-state index in [1.54, 1.807) is 39.0 Å². The van der Waals surface area contributed by atoms with Crippen molar-refractivity contribution in [2.75, 3.05) is 24.7 Å². The Balaban J connectivity index is 1.71. The Hall–Kier alpha value is -4.71. The number of nitrogens with zero attached hydrogens (tertiary/aromatic N) is 4. The molecule has 1 fully saturated rings. The number of aliphatic hydroxyl groups is 1. The largest absolute Gasteiger partial charge is 0.505 e. The molecular formula is C34H38N4O7S. The fourth-order valence-corrected chi connectivity index (χ4v) is 6.36. The highest BCUT2D eigenvalue weighted by Gasteiger charge is 2.49. The number of rotatable bonds is 11. The Kier molecular flexibility index (Phi) is 9.47. The molecule has 4 aromatic rings. The van der Waals surface area contributed by atoms with E-state index in [0.717, 1.165) is 23.3 Å². The van der Waals surface area contributed by atoms with Gasteiger partial charge in [0.2, 0.25) is 0 Å². The summed E-state index contributed by atoms with van der Waals surface area (Å²) in [6.07, 6.45) is 2.66. The van der Waals surface area contributed by atoms with E-state index in [1.165, 1.54) is 4.90 Å². The SMILES string of the molecule is CCOC(=O)c1sc(N2C(=O)C(=O)/C(=C(/O)c3nc4c(C)cccn4c3C)C2c2ccc(OCCC(C)C)c(OCC)c2)nc1C. The van der Waals surface area contributed by atoms with Crippen molar-refractivity contribution in [2.45, 2.75) is 60.9 Å². The van der Waals surface area contributed by atoms with Crippen LogP contribution in [0.3, 0.4) is 0 Å². The number of pyridine rings is 1. The molecule has 0 saturated carbocycles. The molecule has 0 radical (unpaired) electrons. The molecule has 4 heterocycles. The molecule has 1 aliphatic rings. The number of aromatic nitrogens is 3. The zero-order valence-electron chi connectivity index (χ0n) is 27.0. The summed E-state index contributed by atoms with van der Waals surface area (Å²) in [5, 5.41) is 12.0. The molecule has 1 atom stereocenters. The van der Waals surface area contributed by atoms with Gasteiger partial charge in [0.25, 0.3) is 5.78 Å². The van der Waals surface area contributed by atoms with Gasteiger partial charge in [-0.25, -0.2) is 14.8 Å². The molecule has 1 aromatic carbocycles. The number of anilines is 1. The van der Waals surface area contributed by atoms with Crippen molar-refractivity contribution in [2.24, 2.45) is 5.92 Å². The second-order valence-corrected chi connectivity index (χ2v) is 12.4. The quantitative estimate of drug-likeness (QED) is 0.0858. The number of aliphatic hydroxyl groups excluding tert-OH is 1. The lowest BCUT2D eigenvalue weighted by molar-refractivity contribution is -0.132. The predicted octanol–water partition coefficient (Wildman–Crippen LogP) is 6.34. The average Bonchev–Trinajstić information content (AvgIpc) is 3.65. The first-order valence-electron chi connectivity index (χ1n) is 15.3. The van der Waals surface area contributed by atoms with Crippen LogP contribution in [0.25, 0.3) is 11.4 Å². The number of ether oxygens (including phenoxy) is 3. The third-order valence-electron chi connectivity index (χ3n) is 7.74. The highest BCUT2D eigenvalue weighted by Crippen LogP contribution is 2.46. The maximum atomic E-state index is 13.9. The number of benzene rings is 1. The Bertz CT molecular complexity index is 1860. The van der Waals surface area contributed by atoms with Crippen molar-refractivity contribution in [3.63, 3.8) is 0 Å². The standard InChI is InChI=1S/C34H38N4O7S/c1-8-43-24-17-22(12-13-23(24)45-16-14-18(3)4)27-25(28(39)26-21(7)37-15-10-11-19(5)31(37)36-26)29(40)32(41)38(27)34-35-20(6)30(46-34)33(42)44-9-2/h10-13,15,17-18,27,39H,8-9,14,16H2,1-7H3/b28-25+. The van der Waals surface area contributed by atoms with Gasteiger partial charge in [-0.3, -0.25) is 14.5 Å². The maximum Gasteiger partial charge on any atom is 0.350 e. The van der Waals surface area contributed by atoms with Gasteiger partial charge in [0.1, 0.15) is 16.2 Å². The molecule has 3 aromatic heterocycles. The summed E-state index contributed by atoms with van der Waals surface area (Å²) < 4.78 is 19.0. The van der Waals surface area contributed by atoms with Crippen LogP contribution in [0.2, 0.25) is 0 Å². The number of aryl methyl sites for hydroxylation is 3. The van der Waals surface area contributed by atoms with E-state index in [4.69, 9.17) is 14.2 Å². The van der Waals surface area contributed by atoms with Gasteiger partial charge in [-0.15, -0.1) is 0 Å². The second-order valence-electron chi connectivity index (χ2n) is 11.4. The van der Waals surface area contributed by atoms with E-state index in [2.05, 4.69) is 23.8 Å². The minimum Gasteiger partial charge on any atom is -0.505 e. The Labute approximate surface area is 271 Å². The number of Topliss-reactive ketones (excluding diaryl/α,β-unsaturated/α-hetero) is 1. The van der Waals surface area contributed by atoms with E-state index in [1.807, 2.05) is 36.6 Å². The van der Waals surface area contributed by atoms with E-state index < -0.39 is 29.5 Å². The van der Waals surface area contributed by atoms with Crippen LogP contribution in [0.5, 0.6) is 11.5 Å². The number of ketones is 1. The van der Waals surface area contributed by atoms with E-state index in [0.29, 0.717) is 53.2 Å². The number of amides is 1. The van der Waals surface area contributed by atoms with Gasteiger partial charge in [-0.2, -0.15) is 0 Å². The zero-order chi connectivity index (χ0) is 33.3. The summed E-state index contributed by atoms with van der Waals surface area (Å²) in [5.41, 5.74) is 2.94. The molecule has 12 heteroatoms. The molecule has 1 unspecified atom stereocenters. The van der Waals surface area contributed by atoms with Gasteiger partial charge >= 0.3 is 11.9 Å². The van der Waals surface area contributed by atoms with E-state index >= 15 is 0 Å². The van der Waals surface area contributed by atoms with Crippen molar-refractivity contribution in [3.8, 4) is 11.5 Å². The van der Waals surface area contributed by atoms with Gasteiger partial charge in [-0.05, 0) is 76.3 Å². The van der Waals surface area contributed by atoms with Crippen molar-refractivity contribution in [1.82, 2.24) is 14.4 Å². The van der Waals surface area contributed by atoms with Crippen LogP contribution in [0.4, 0.5) is 5.13 Å². The number of hydrogen-bond acceptors (Lipinski definition) is 10. The second kappa shape index (κ2) is 13.3. The topological polar surface area (TPSA) is 133 Å². The molecule has 0 aliphatic carbocycles. The van der Waals surface area contributed by atoms with Crippen LogP contribution in [-0.4, -0.2) is 57.0 Å². The summed E-state index contributed by atoms with van der Waals surface area (Å²) in [7, 11) is 0. The minimum absolute atomic E-state index is 0.115. The smallest absolute Gasteiger partial charge is 0.350 e. The lowest BCUT2D eigenvalue weighted by Crippen LogP contribution is -2.29. The van der Waals surface area contributed by atoms with E-state index in [9.17, 15) is 19.5 Å². The summed E-state index contributed by atoms with van der Waals surface area (Å²) >= 11 is 0.946. The van der Waals surface area contributed by atoms with Crippen LogP contribution >= 0.6 is 11.3 Å². The lowest BCUT2D eigenvalue weighted by Gasteiger charge is -2.24. The average molecular weight is 647 g/mol. The van der Waals surface area contributed by atoms with Gasteiger partial charge in [-0.1, -0.05) is 37.3 Å². The molecule has 1 N–H and O–H groups in total. The summed E-state index contributed by atoms with van der Waals surface area (Å²) in [5.74, 6) is -1.40. The lowest BCUT2D eigenvalue weighted by atomic mass is 9.96. The monoisotopic (exact) mass is 646 g/mol. The fourth-order valence-electron chi connectivity index (χ4n) is 5.38. The minimum atomic E-state index is -1.12. The molecule has 1 aliphatic heterocycles. The fraction of sp³-hybridized carbons (Fsp3) is 0.382. The van der Waals surface area contributed by atoms with Gasteiger partial charge in [0.15, 0.2) is 22.4 Å². The van der Waals surface area contributed by atoms with E-state index in [-0.39, 0.29) is 27.9 Å². The van der Waals surface area contributed by atoms with Gasteiger partial charge < -0.3 is 23.7 Å². The molecular weight excluding hydrogens is 608 g/mol. The molecule has 46 heavy (non-hydrogen) atoms. The Morgan fingerprint density at radius 1 is 1.04 bits per heavy atom. The number of fused-ring (bicyclic) bond motifs is 1. The van der Waals surface area contributed by atoms with Gasteiger partial charge in [0.05, 0.1) is 42.8 Å². The Morgan fingerprint density at radius 2 is 1.80 bits per heavy atom. The number of esters is 1. The third kappa shape index (κ3) is 5.96. The molecule has 242 valence electrons. The maximum absolute atomic E-state index is 13.9. The number of hydrogen-bond donors (Lipinski definition) is 1. The summed E-state index contributed by atoms with van der Waals surface area (Å²) in [4.78, 5) is 51.0. The molecule has 0 bridgehead atoms. The normalized spacial score (nSPS) is 16.1. The van der Waals surface area contributed by atoms with Crippen LogP contribution in [0.15, 0.2) is 42.1 Å². The first-order valence-corrected chi connectivity index (χ1v) is 16.1. The first kappa shape index (κ1) is 32.7. The molecule has 0 spiro atoms. The third-order valence-corrected chi connectivity index (χ3v) is 8.88. The summed E-state index contributed by atoms with van der Waals surface area (Å²) in [6.45, 7) is 14.1. The molecule has 1 saturated heterocycles. The van der Waals surface area contributed by atoms with Crippen molar-refractivity contribution >= 4 is 45.5 Å². The first-order chi connectivity index (χ1) is 22.0. The number of imidazole rings is 1.